The smallest absolute Gasteiger partial charge is 0.131 e. The van der Waals surface area contributed by atoms with E-state index < -0.39 is 0 Å². The molecule has 88 valence electrons. The van der Waals surface area contributed by atoms with Crippen molar-refractivity contribution >= 4 is 0 Å². The Kier molecular flexibility index (Phi) is 3.12. The second-order valence-corrected chi connectivity index (χ2v) is 4.41. The second kappa shape index (κ2) is 4.39. The first-order valence-corrected chi connectivity index (χ1v) is 5.47. The molecule has 0 aromatic heterocycles. The standard InChI is InChI=1S/C12H17FN2O/c1-7-5-10(7)12(15-14)9-4-3-8(16-2)6-11(9)13/h3-4,6-7,10,12,15H,5,14H2,1-2H3. The summed E-state index contributed by atoms with van der Waals surface area (Å²) in [6, 6.07) is 4.80. The van der Waals surface area contributed by atoms with Gasteiger partial charge in [-0.3, -0.25) is 11.3 Å². The summed E-state index contributed by atoms with van der Waals surface area (Å²) in [6.07, 6.45) is 1.10. The average Bonchev–Trinajstić information content (AvgIpc) is 2.99. The third kappa shape index (κ3) is 2.03. The van der Waals surface area contributed by atoms with Gasteiger partial charge in [0.25, 0.3) is 0 Å². The van der Waals surface area contributed by atoms with Gasteiger partial charge in [-0.1, -0.05) is 13.0 Å². The highest BCUT2D eigenvalue weighted by Crippen LogP contribution is 2.47. The van der Waals surface area contributed by atoms with Gasteiger partial charge in [0.05, 0.1) is 13.2 Å². The summed E-state index contributed by atoms with van der Waals surface area (Å²) in [7, 11) is 1.52. The van der Waals surface area contributed by atoms with E-state index in [0.29, 0.717) is 23.1 Å². The Morgan fingerprint density at radius 2 is 2.25 bits per heavy atom. The van der Waals surface area contributed by atoms with Crippen molar-refractivity contribution in [2.24, 2.45) is 17.7 Å². The summed E-state index contributed by atoms with van der Waals surface area (Å²) >= 11 is 0. The van der Waals surface area contributed by atoms with Gasteiger partial charge in [-0.15, -0.1) is 0 Å². The Morgan fingerprint density at radius 3 is 2.69 bits per heavy atom. The van der Waals surface area contributed by atoms with Gasteiger partial charge < -0.3 is 4.74 Å². The highest BCUT2D eigenvalue weighted by Gasteiger charge is 2.40. The zero-order valence-electron chi connectivity index (χ0n) is 9.53. The molecule has 1 aliphatic carbocycles. The largest absolute Gasteiger partial charge is 0.497 e. The summed E-state index contributed by atoms with van der Waals surface area (Å²) in [6.45, 7) is 2.15. The first-order valence-electron chi connectivity index (χ1n) is 5.47. The Balaban J connectivity index is 2.24. The van der Waals surface area contributed by atoms with Gasteiger partial charge in [0.1, 0.15) is 11.6 Å². The number of methoxy groups -OCH3 is 1. The number of benzene rings is 1. The molecule has 0 saturated heterocycles. The van der Waals surface area contributed by atoms with Crippen molar-refractivity contribution in [3.05, 3.63) is 29.6 Å². The fourth-order valence-electron chi connectivity index (χ4n) is 2.15. The number of ether oxygens (including phenoxy) is 1. The fourth-order valence-corrected chi connectivity index (χ4v) is 2.15. The lowest BCUT2D eigenvalue weighted by molar-refractivity contribution is 0.406. The van der Waals surface area contributed by atoms with Crippen LogP contribution in [0, 0.1) is 17.7 Å². The van der Waals surface area contributed by atoms with Crippen LogP contribution in [0.4, 0.5) is 4.39 Å². The van der Waals surface area contributed by atoms with Crippen LogP contribution in [-0.4, -0.2) is 7.11 Å². The molecular weight excluding hydrogens is 207 g/mol. The normalized spacial score (nSPS) is 25.2. The van der Waals surface area contributed by atoms with Gasteiger partial charge in [0.15, 0.2) is 0 Å². The third-order valence-corrected chi connectivity index (χ3v) is 3.32. The maximum atomic E-state index is 13.8. The van der Waals surface area contributed by atoms with Gasteiger partial charge in [-0.05, 0) is 24.3 Å². The van der Waals surface area contributed by atoms with E-state index in [0.717, 1.165) is 6.42 Å². The minimum atomic E-state index is -0.263. The van der Waals surface area contributed by atoms with Crippen LogP contribution in [0.1, 0.15) is 24.9 Å². The molecular formula is C12H17FN2O. The average molecular weight is 224 g/mol. The van der Waals surface area contributed by atoms with E-state index in [2.05, 4.69) is 12.3 Å². The van der Waals surface area contributed by atoms with Gasteiger partial charge in [-0.2, -0.15) is 0 Å². The van der Waals surface area contributed by atoms with E-state index in [1.807, 2.05) is 0 Å². The zero-order valence-corrected chi connectivity index (χ0v) is 9.53. The Hall–Kier alpha value is -1.13. The van der Waals surface area contributed by atoms with Crippen molar-refractivity contribution < 1.29 is 9.13 Å². The molecule has 3 atom stereocenters. The molecule has 1 saturated carbocycles. The van der Waals surface area contributed by atoms with Gasteiger partial charge in [-0.25, -0.2) is 4.39 Å². The van der Waals surface area contributed by atoms with Crippen LogP contribution >= 0.6 is 0 Å². The predicted molar refractivity (Wildman–Crippen MR) is 60.3 cm³/mol. The molecule has 16 heavy (non-hydrogen) atoms. The summed E-state index contributed by atoms with van der Waals surface area (Å²) in [5.41, 5.74) is 3.33. The van der Waals surface area contributed by atoms with Crippen LogP contribution in [0.2, 0.25) is 0 Å². The van der Waals surface area contributed by atoms with Crippen LogP contribution in [0.15, 0.2) is 18.2 Å². The monoisotopic (exact) mass is 224 g/mol. The van der Waals surface area contributed by atoms with E-state index in [1.54, 1.807) is 12.1 Å². The quantitative estimate of drug-likeness (QED) is 0.607. The molecule has 0 radical (unpaired) electrons. The molecule has 0 spiro atoms. The van der Waals surface area contributed by atoms with Crippen molar-refractivity contribution in [3.63, 3.8) is 0 Å². The molecule has 2 rings (SSSR count). The van der Waals surface area contributed by atoms with Crippen LogP contribution in [0.3, 0.4) is 0 Å². The van der Waals surface area contributed by atoms with Crippen molar-refractivity contribution in [3.8, 4) is 5.75 Å². The lowest BCUT2D eigenvalue weighted by atomic mass is 10.0. The van der Waals surface area contributed by atoms with Crippen LogP contribution in [0.25, 0.3) is 0 Å². The summed E-state index contributed by atoms with van der Waals surface area (Å²) in [5.74, 6) is 6.82. The molecule has 0 aliphatic heterocycles. The van der Waals surface area contributed by atoms with Gasteiger partial charge in [0.2, 0.25) is 0 Å². The van der Waals surface area contributed by atoms with Crippen LogP contribution in [0.5, 0.6) is 5.75 Å². The molecule has 0 bridgehead atoms. The van der Waals surface area contributed by atoms with E-state index in [1.165, 1.54) is 13.2 Å². The highest BCUT2D eigenvalue weighted by atomic mass is 19.1. The van der Waals surface area contributed by atoms with E-state index in [9.17, 15) is 4.39 Å². The number of halogens is 1. The molecule has 3 unspecified atom stereocenters. The van der Waals surface area contributed by atoms with E-state index in [4.69, 9.17) is 10.6 Å². The van der Waals surface area contributed by atoms with Crippen molar-refractivity contribution in [1.29, 1.82) is 0 Å². The molecule has 0 amide bonds. The summed E-state index contributed by atoms with van der Waals surface area (Å²) in [4.78, 5) is 0. The molecule has 1 aliphatic rings. The number of rotatable bonds is 4. The molecule has 0 heterocycles. The van der Waals surface area contributed by atoms with Crippen molar-refractivity contribution in [2.45, 2.75) is 19.4 Å². The molecule has 1 aromatic carbocycles. The lowest BCUT2D eigenvalue weighted by Gasteiger charge is -2.17. The minimum absolute atomic E-state index is 0.0964. The maximum absolute atomic E-state index is 13.8. The Labute approximate surface area is 94.8 Å². The first kappa shape index (κ1) is 11.4. The van der Waals surface area contributed by atoms with E-state index in [-0.39, 0.29) is 11.9 Å². The molecule has 4 heteroatoms. The molecule has 1 fully saturated rings. The summed E-state index contributed by atoms with van der Waals surface area (Å²) < 4.78 is 18.8. The van der Waals surface area contributed by atoms with Crippen LogP contribution < -0.4 is 16.0 Å². The first-order chi connectivity index (χ1) is 7.67. The van der Waals surface area contributed by atoms with E-state index >= 15 is 0 Å². The minimum Gasteiger partial charge on any atom is -0.497 e. The Bertz CT molecular complexity index is 383. The summed E-state index contributed by atoms with van der Waals surface area (Å²) in [5, 5.41) is 0. The second-order valence-electron chi connectivity index (χ2n) is 4.41. The zero-order chi connectivity index (χ0) is 11.7. The lowest BCUT2D eigenvalue weighted by Crippen LogP contribution is -2.30. The van der Waals surface area contributed by atoms with Gasteiger partial charge in [0, 0.05) is 11.6 Å². The third-order valence-electron chi connectivity index (χ3n) is 3.32. The van der Waals surface area contributed by atoms with Gasteiger partial charge >= 0.3 is 0 Å². The number of nitrogens with two attached hydrogens (primary N) is 1. The van der Waals surface area contributed by atoms with Crippen LogP contribution in [-0.2, 0) is 0 Å². The van der Waals surface area contributed by atoms with Crippen molar-refractivity contribution in [2.75, 3.05) is 7.11 Å². The highest BCUT2D eigenvalue weighted by molar-refractivity contribution is 5.31. The number of hydrazine groups is 1. The number of hydrogen-bond acceptors (Lipinski definition) is 3. The number of nitrogens with one attached hydrogen (secondary N) is 1. The predicted octanol–water partition coefficient (Wildman–Crippen LogP) is 1.99. The topological polar surface area (TPSA) is 47.3 Å². The Morgan fingerprint density at radius 1 is 1.56 bits per heavy atom. The fraction of sp³-hybridized carbons (Fsp3) is 0.500. The molecule has 1 aromatic rings. The maximum Gasteiger partial charge on any atom is 0.131 e. The molecule has 3 nitrogen and oxygen atoms in total. The van der Waals surface area contributed by atoms with Crippen molar-refractivity contribution in [1.82, 2.24) is 5.43 Å². The SMILES string of the molecule is COc1ccc(C(NN)C2CC2C)c(F)c1. The molecule has 3 N–H and O–H groups in total. The number of hydrogen-bond donors (Lipinski definition) is 2.